The second-order valence-corrected chi connectivity index (χ2v) is 10.1. The van der Waals surface area contributed by atoms with E-state index in [0.29, 0.717) is 23.3 Å². The average Bonchev–Trinajstić information content (AvgIpc) is 2.76. The SMILES string of the molecule is Cc1cc(C)c(C)c(S(=O)(=O)N2CCC(C(=O)OCc3ccccc3[N+](=O)[O-])CC2)c1C. The van der Waals surface area contributed by atoms with Gasteiger partial charge in [-0.25, -0.2) is 8.42 Å². The number of para-hydroxylation sites is 1. The smallest absolute Gasteiger partial charge is 0.309 e. The van der Waals surface area contributed by atoms with E-state index in [1.807, 2.05) is 33.8 Å². The molecule has 1 fully saturated rings. The highest BCUT2D eigenvalue weighted by molar-refractivity contribution is 7.89. The maximum Gasteiger partial charge on any atom is 0.309 e. The molecule has 1 saturated heterocycles. The standard InChI is InChI=1S/C23H28N2O6S/c1-15-13-16(2)18(4)22(17(15)3)32(29,30)24-11-9-19(10-12-24)23(26)31-14-20-7-5-6-8-21(20)25(27)28/h5-8,13,19H,9-12,14H2,1-4H3. The normalized spacial score (nSPS) is 15.5. The van der Waals surface area contributed by atoms with Crippen molar-refractivity contribution in [3.8, 4) is 0 Å². The number of rotatable bonds is 6. The van der Waals surface area contributed by atoms with Crippen LogP contribution in [0.3, 0.4) is 0 Å². The predicted octanol–water partition coefficient (Wildman–Crippen LogP) is 3.97. The Morgan fingerprint density at radius 1 is 1.09 bits per heavy atom. The zero-order valence-electron chi connectivity index (χ0n) is 18.8. The van der Waals surface area contributed by atoms with Crippen molar-refractivity contribution in [3.05, 3.63) is 68.3 Å². The molecule has 0 N–H and O–H groups in total. The average molecular weight is 461 g/mol. The topological polar surface area (TPSA) is 107 Å². The summed E-state index contributed by atoms with van der Waals surface area (Å²) in [6, 6.07) is 8.11. The van der Waals surface area contributed by atoms with Gasteiger partial charge in [0.15, 0.2) is 0 Å². The number of aryl methyl sites for hydroxylation is 2. The Balaban J connectivity index is 1.67. The van der Waals surface area contributed by atoms with Crippen LogP contribution in [-0.2, 0) is 26.2 Å². The highest BCUT2D eigenvalue weighted by atomic mass is 32.2. The fourth-order valence-electron chi connectivity index (χ4n) is 4.11. The second-order valence-electron chi connectivity index (χ2n) is 8.26. The summed E-state index contributed by atoms with van der Waals surface area (Å²) in [5.41, 5.74) is 3.59. The van der Waals surface area contributed by atoms with Gasteiger partial charge in [-0.15, -0.1) is 0 Å². The van der Waals surface area contributed by atoms with E-state index in [-0.39, 0.29) is 25.4 Å². The Hall–Kier alpha value is -2.78. The number of hydrogen-bond acceptors (Lipinski definition) is 6. The molecule has 2 aromatic rings. The number of sulfonamides is 1. The minimum absolute atomic E-state index is 0.0969. The number of ether oxygens (including phenoxy) is 1. The highest BCUT2D eigenvalue weighted by Crippen LogP contribution is 2.31. The van der Waals surface area contributed by atoms with Crippen molar-refractivity contribution in [1.82, 2.24) is 4.31 Å². The molecule has 0 aromatic heterocycles. The van der Waals surface area contributed by atoms with Gasteiger partial charge >= 0.3 is 5.97 Å². The Morgan fingerprint density at radius 3 is 2.22 bits per heavy atom. The largest absolute Gasteiger partial charge is 0.460 e. The summed E-state index contributed by atoms with van der Waals surface area (Å²) in [5.74, 6) is -0.899. The summed E-state index contributed by atoms with van der Waals surface area (Å²) in [7, 11) is -3.68. The molecule has 0 unspecified atom stereocenters. The van der Waals surface area contributed by atoms with Crippen molar-refractivity contribution in [2.75, 3.05) is 13.1 Å². The molecule has 0 aliphatic carbocycles. The molecular weight excluding hydrogens is 432 g/mol. The molecule has 0 bridgehead atoms. The van der Waals surface area contributed by atoms with Crippen LogP contribution < -0.4 is 0 Å². The molecule has 8 nitrogen and oxygen atoms in total. The molecular formula is C23H28N2O6S. The van der Waals surface area contributed by atoms with Crippen molar-refractivity contribution in [3.63, 3.8) is 0 Å². The predicted molar refractivity (Wildman–Crippen MR) is 120 cm³/mol. The summed E-state index contributed by atoms with van der Waals surface area (Å²) in [4.78, 5) is 23.5. The number of nitro groups is 1. The third-order valence-corrected chi connectivity index (χ3v) is 8.41. The lowest BCUT2D eigenvalue weighted by Gasteiger charge is -2.31. The van der Waals surface area contributed by atoms with Gasteiger partial charge in [0, 0.05) is 19.2 Å². The van der Waals surface area contributed by atoms with E-state index < -0.39 is 26.8 Å². The third-order valence-electron chi connectivity index (χ3n) is 6.24. The number of nitro benzene ring substituents is 1. The first-order chi connectivity index (χ1) is 15.0. The quantitative estimate of drug-likeness (QED) is 0.367. The van der Waals surface area contributed by atoms with Crippen LogP contribution in [0.4, 0.5) is 5.69 Å². The third kappa shape index (κ3) is 4.68. The van der Waals surface area contributed by atoms with E-state index in [2.05, 4.69) is 0 Å². The Bertz CT molecular complexity index is 1130. The van der Waals surface area contributed by atoms with Crippen LogP contribution in [0.15, 0.2) is 35.2 Å². The van der Waals surface area contributed by atoms with Crippen LogP contribution in [0.1, 0.15) is 40.7 Å². The fourth-order valence-corrected chi connectivity index (χ4v) is 6.15. The van der Waals surface area contributed by atoms with Gasteiger partial charge in [0.1, 0.15) is 6.61 Å². The molecule has 172 valence electrons. The summed E-state index contributed by atoms with van der Waals surface area (Å²) < 4.78 is 33.5. The Kier molecular flexibility index (Phi) is 7.00. The van der Waals surface area contributed by atoms with Gasteiger partial charge in [0.25, 0.3) is 5.69 Å². The van der Waals surface area contributed by atoms with E-state index in [1.165, 1.54) is 10.4 Å². The first kappa shape index (κ1) is 23.9. The Labute approximate surface area is 188 Å². The Morgan fingerprint density at radius 2 is 1.66 bits per heavy atom. The first-order valence-electron chi connectivity index (χ1n) is 10.5. The number of benzene rings is 2. The van der Waals surface area contributed by atoms with Gasteiger partial charge in [-0.2, -0.15) is 4.31 Å². The minimum Gasteiger partial charge on any atom is -0.460 e. The number of piperidine rings is 1. The molecule has 0 atom stereocenters. The zero-order valence-corrected chi connectivity index (χ0v) is 19.6. The van der Waals surface area contributed by atoms with Crippen molar-refractivity contribution in [2.24, 2.45) is 5.92 Å². The molecule has 9 heteroatoms. The molecule has 0 spiro atoms. The lowest BCUT2D eigenvalue weighted by atomic mass is 9.98. The number of nitrogens with zero attached hydrogens (tertiary/aromatic N) is 2. The fraction of sp³-hybridized carbons (Fsp3) is 0.435. The van der Waals surface area contributed by atoms with Crippen molar-refractivity contribution >= 4 is 21.7 Å². The van der Waals surface area contributed by atoms with Crippen LogP contribution in [-0.4, -0.2) is 36.7 Å². The molecule has 0 saturated carbocycles. The van der Waals surface area contributed by atoms with Crippen molar-refractivity contribution in [2.45, 2.75) is 52.0 Å². The lowest BCUT2D eigenvalue weighted by molar-refractivity contribution is -0.385. The van der Waals surface area contributed by atoms with Crippen LogP contribution in [0.25, 0.3) is 0 Å². The van der Waals surface area contributed by atoms with Gasteiger partial charge in [0.05, 0.1) is 21.3 Å². The van der Waals surface area contributed by atoms with Crippen LogP contribution in [0.2, 0.25) is 0 Å². The van der Waals surface area contributed by atoms with Crippen LogP contribution >= 0.6 is 0 Å². The first-order valence-corrected chi connectivity index (χ1v) is 11.9. The molecule has 1 heterocycles. The summed E-state index contributed by atoms with van der Waals surface area (Å²) in [5, 5.41) is 11.1. The molecule has 0 radical (unpaired) electrons. The van der Waals surface area contributed by atoms with Gasteiger partial charge in [0.2, 0.25) is 10.0 Å². The lowest BCUT2D eigenvalue weighted by Crippen LogP contribution is -2.41. The number of carbonyl (C=O) groups excluding carboxylic acids is 1. The maximum absolute atomic E-state index is 13.4. The van der Waals surface area contributed by atoms with Crippen molar-refractivity contribution in [1.29, 1.82) is 0 Å². The van der Waals surface area contributed by atoms with E-state index in [9.17, 15) is 23.3 Å². The van der Waals surface area contributed by atoms with Gasteiger partial charge in [-0.3, -0.25) is 14.9 Å². The summed E-state index contributed by atoms with van der Waals surface area (Å²) in [6.45, 7) is 7.71. The van der Waals surface area contributed by atoms with E-state index >= 15 is 0 Å². The van der Waals surface area contributed by atoms with Gasteiger partial charge < -0.3 is 4.74 Å². The van der Waals surface area contributed by atoms with Crippen LogP contribution in [0, 0.1) is 43.7 Å². The monoisotopic (exact) mass is 460 g/mol. The highest BCUT2D eigenvalue weighted by Gasteiger charge is 2.35. The maximum atomic E-state index is 13.4. The molecule has 3 rings (SSSR count). The minimum atomic E-state index is -3.68. The number of hydrogen-bond donors (Lipinski definition) is 0. The van der Waals surface area contributed by atoms with E-state index in [1.54, 1.807) is 18.2 Å². The van der Waals surface area contributed by atoms with Gasteiger partial charge in [-0.1, -0.05) is 18.2 Å². The summed E-state index contributed by atoms with van der Waals surface area (Å²) in [6.07, 6.45) is 0.690. The molecule has 1 aliphatic rings. The number of carbonyl (C=O) groups is 1. The van der Waals surface area contributed by atoms with Crippen molar-refractivity contribution < 1.29 is 22.9 Å². The molecule has 32 heavy (non-hydrogen) atoms. The molecule has 0 amide bonds. The second kappa shape index (κ2) is 9.38. The zero-order chi connectivity index (χ0) is 23.6. The molecule has 2 aromatic carbocycles. The molecule has 1 aliphatic heterocycles. The van der Waals surface area contributed by atoms with E-state index in [0.717, 1.165) is 22.3 Å². The summed E-state index contributed by atoms with van der Waals surface area (Å²) >= 11 is 0. The van der Waals surface area contributed by atoms with Crippen LogP contribution in [0.5, 0.6) is 0 Å². The van der Waals surface area contributed by atoms with E-state index in [4.69, 9.17) is 4.74 Å². The van der Waals surface area contributed by atoms with Gasteiger partial charge in [-0.05, 0) is 68.9 Å². The number of esters is 1.